The highest BCUT2D eigenvalue weighted by Gasteiger charge is 2.37. The lowest BCUT2D eigenvalue weighted by atomic mass is 9.76. The van der Waals surface area contributed by atoms with Gasteiger partial charge in [-0.25, -0.2) is 0 Å². The topological polar surface area (TPSA) is 56.7 Å². The minimum atomic E-state index is -0.000484. The number of likely N-dealkylation sites (tertiary alicyclic amines) is 2. The van der Waals surface area contributed by atoms with Crippen LogP contribution in [0.25, 0.3) is 0 Å². The number of piperidine rings is 2. The van der Waals surface area contributed by atoms with Gasteiger partial charge in [-0.3, -0.25) is 14.7 Å². The number of carbonyl (C=O) groups is 1. The van der Waals surface area contributed by atoms with Crippen LogP contribution in [0.4, 0.5) is 0 Å². The minimum absolute atomic E-state index is 0.000484. The number of carbonyl (C=O) groups excluding carboxylic acids is 1. The van der Waals surface area contributed by atoms with Gasteiger partial charge in [-0.15, -0.1) is 0 Å². The Bertz CT molecular complexity index is 649. The molecule has 2 aliphatic heterocycles. The van der Waals surface area contributed by atoms with Crippen molar-refractivity contribution in [3.63, 3.8) is 0 Å². The van der Waals surface area contributed by atoms with Crippen LogP contribution in [0.1, 0.15) is 56.3 Å². The van der Waals surface area contributed by atoms with Crippen molar-refractivity contribution in [2.24, 2.45) is 5.41 Å². The van der Waals surface area contributed by atoms with Crippen LogP contribution in [0.3, 0.4) is 0 Å². The molecule has 5 nitrogen and oxygen atoms in total. The SMILES string of the molecule is CC(C)=CC[C@]1(CO)CCCN(C2CCN(C(=O)c3ccncc3)CC2)C1. The third-order valence-corrected chi connectivity index (χ3v) is 6.17. The fourth-order valence-electron chi connectivity index (χ4n) is 4.45. The fraction of sp³-hybridized carbons (Fsp3) is 0.636. The summed E-state index contributed by atoms with van der Waals surface area (Å²) in [6.07, 6.45) is 10.9. The van der Waals surface area contributed by atoms with Crippen LogP contribution in [-0.2, 0) is 0 Å². The summed E-state index contributed by atoms with van der Waals surface area (Å²) < 4.78 is 0. The Hall–Kier alpha value is -1.72. The molecule has 2 fully saturated rings. The van der Waals surface area contributed by atoms with Gasteiger partial charge in [-0.05, 0) is 64.6 Å². The van der Waals surface area contributed by atoms with Gasteiger partial charge in [0.1, 0.15) is 0 Å². The van der Waals surface area contributed by atoms with E-state index in [4.69, 9.17) is 0 Å². The smallest absolute Gasteiger partial charge is 0.253 e. The van der Waals surface area contributed by atoms with E-state index >= 15 is 0 Å². The molecule has 0 aliphatic carbocycles. The van der Waals surface area contributed by atoms with Crippen molar-refractivity contribution >= 4 is 5.91 Å². The molecular weight excluding hydrogens is 338 g/mol. The monoisotopic (exact) mass is 371 g/mol. The highest BCUT2D eigenvalue weighted by molar-refractivity contribution is 5.94. The number of aromatic nitrogens is 1. The molecule has 1 atom stereocenters. The molecule has 0 radical (unpaired) electrons. The normalized spacial score (nSPS) is 24.6. The first-order valence-electron chi connectivity index (χ1n) is 10.2. The molecule has 5 heteroatoms. The predicted octanol–water partition coefficient (Wildman–Crippen LogP) is 3.12. The molecule has 1 aromatic heterocycles. The van der Waals surface area contributed by atoms with Crippen LogP contribution in [0.5, 0.6) is 0 Å². The van der Waals surface area contributed by atoms with Crippen molar-refractivity contribution in [2.45, 2.75) is 52.0 Å². The maximum atomic E-state index is 12.6. The minimum Gasteiger partial charge on any atom is -0.396 e. The number of allylic oxidation sites excluding steroid dienone is 2. The van der Waals surface area contributed by atoms with Crippen molar-refractivity contribution < 1.29 is 9.90 Å². The van der Waals surface area contributed by atoms with Gasteiger partial charge < -0.3 is 10.0 Å². The van der Waals surface area contributed by atoms with Gasteiger partial charge >= 0.3 is 0 Å². The number of hydrogen-bond acceptors (Lipinski definition) is 4. The maximum absolute atomic E-state index is 12.6. The van der Waals surface area contributed by atoms with Crippen molar-refractivity contribution in [3.05, 3.63) is 41.7 Å². The van der Waals surface area contributed by atoms with E-state index in [1.54, 1.807) is 24.5 Å². The van der Waals surface area contributed by atoms with Crippen LogP contribution >= 0.6 is 0 Å². The van der Waals surface area contributed by atoms with Gasteiger partial charge in [0.05, 0.1) is 6.61 Å². The van der Waals surface area contributed by atoms with Crippen LogP contribution in [0.15, 0.2) is 36.2 Å². The molecule has 0 saturated carbocycles. The van der Waals surface area contributed by atoms with Gasteiger partial charge in [-0.2, -0.15) is 0 Å². The van der Waals surface area contributed by atoms with Crippen molar-refractivity contribution in [1.29, 1.82) is 0 Å². The van der Waals surface area contributed by atoms with Gasteiger partial charge in [0.2, 0.25) is 0 Å². The molecule has 3 rings (SSSR count). The molecule has 1 aromatic rings. The largest absolute Gasteiger partial charge is 0.396 e. The van der Waals surface area contributed by atoms with Crippen molar-refractivity contribution in [3.8, 4) is 0 Å². The summed E-state index contributed by atoms with van der Waals surface area (Å²) in [5, 5.41) is 10.1. The molecule has 148 valence electrons. The van der Waals surface area contributed by atoms with Crippen LogP contribution in [0, 0.1) is 5.41 Å². The van der Waals surface area contributed by atoms with E-state index in [1.807, 2.05) is 4.90 Å². The molecule has 0 unspecified atom stereocenters. The highest BCUT2D eigenvalue weighted by atomic mass is 16.3. The molecule has 0 spiro atoms. The molecular formula is C22H33N3O2. The first-order valence-corrected chi connectivity index (χ1v) is 10.2. The Morgan fingerprint density at radius 3 is 2.59 bits per heavy atom. The molecule has 3 heterocycles. The van der Waals surface area contributed by atoms with Crippen LogP contribution in [-0.4, -0.2) is 64.6 Å². The summed E-state index contributed by atoms with van der Waals surface area (Å²) in [5.74, 6) is 0.114. The van der Waals surface area contributed by atoms with Gasteiger partial charge in [0.25, 0.3) is 5.91 Å². The molecule has 2 saturated heterocycles. The van der Waals surface area contributed by atoms with E-state index < -0.39 is 0 Å². The highest BCUT2D eigenvalue weighted by Crippen LogP contribution is 2.36. The standard InChI is InChI=1S/C22H33N3O2/c1-18(2)4-10-22(17-26)9-3-13-25(16-22)20-7-14-24(15-8-20)21(27)19-5-11-23-12-6-19/h4-6,11-12,20,26H,3,7-10,13-17H2,1-2H3/t22-/m1/s1. The van der Waals surface area contributed by atoms with Crippen LogP contribution < -0.4 is 0 Å². The zero-order valence-corrected chi connectivity index (χ0v) is 16.7. The first kappa shape index (κ1) is 20.0. The first-order chi connectivity index (χ1) is 13.0. The summed E-state index contributed by atoms with van der Waals surface area (Å²) in [6, 6.07) is 4.10. The summed E-state index contributed by atoms with van der Waals surface area (Å²) >= 11 is 0. The van der Waals surface area contributed by atoms with E-state index in [2.05, 4.69) is 29.8 Å². The number of hydrogen-bond donors (Lipinski definition) is 1. The third-order valence-electron chi connectivity index (χ3n) is 6.17. The van der Waals surface area contributed by atoms with Crippen molar-refractivity contribution in [2.75, 3.05) is 32.8 Å². The summed E-state index contributed by atoms with van der Waals surface area (Å²) in [4.78, 5) is 21.2. The van der Waals surface area contributed by atoms with E-state index in [1.165, 1.54) is 5.57 Å². The Labute approximate surface area is 163 Å². The third kappa shape index (κ3) is 4.96. The van der Waals surface area contributed by atoms with E-state index in [0.29, 0.717) is 6.04 Å². The van der Waals surface area contributed by atoms with E-state index in [9.17, 15) is 9.90 Å². The Morgan fingerprint density at radius 2 is 1.96 bits per heavy atom. The van der Waals surface area contributed by atoms with E-state index in [-0.39, 0.29) is 17.9 Å². The zero-order valence-electron chi connectivity index (χ0n) is 16.7. The second kappa shape index (κ2) is 8.98. The van der Waals surface area contributed by atoms with Gasteiger partial charge in [0, 0.05) is 49.0 Å². The molecule has 27 heavy (non-hydrogen) atoms. The number of amides is 1. The second-order valence-electron chi connectivity index (χ2n) is 8.48. The summed E-state index contributed by atoms with van der Waals surface area (Å²) in [5.41, 5.74) is 2.05. The predicted molar refractivity (Wildman–Crippen MR) is 108 cm³/mol. The quantitative estimate of drug-likeness (QED) is 0.808. The van der Waals surface area contributed by atoms with Crippen molar-refractivity contribution in [1.82, 2.24) is 14.8 Å². The number of aliphatic hydroxyl groups excluding tert-OH is 1. The van der Waals surface area contributed by atoms with Gasteiger partial charge in [-0.1, -0.05) is 11.6 Å². The Kier molecular flexibility index (Phi) is 6.66. The molecule has 0 aromatic carbocycles. The summed E-state index contributed by atoms with van der Waals surface area (Å²) in [7, 11) is 0. The lowest BCUT2D eigenvalue weighted by molar-refractivity contribution is -0.000548. The Morgan fingerprint density at radius 1 is 1.26 bits per heavy atom. The maximum Gasteiger partial charge on any atom is 0.253 e. The number of aliphatic hydroxyl groups is 1. The molecule has 1 N–H and O–H groups in total. The zero-order chi connectivity index (χ0) is 19.3. The lowest BCUT2D eigenvalue weighted by Gasteiger charge is -2.47. The average Bonchev–Trinajstić information content (AvgIpc) is 2.72. The lowest BCUT2D eigenvalue weighted by Crippen LogP contribution is -2.53. The van der Waals surface area contributed by atoms with Gasteiger partial charge in [0.15, 0.2) is 0 Å². The molecule has 0 bridgehead atoms. The molecule has 2 aliphatic rings. The summed E-state index contributed by atoms with van der Waals surface area (Å²) in [6.45, 7) is 8.20. The Balaban J connectivity index is 1.57. The second-order valence-corrected chi connectivity index (χ2v) is 8.48. The number of rotatable bonds is 5. The fourth-order valence-corrected chi connectivity index (χ4v) is 4.45. The number of pyridine rings is 1. The van der Waals surface area contributed by atoms with E-state index in [0.717, 1.165) is 63.8 Å². The van der Waals surface area contributed by atoms with Crippen LogP contribution in [0.2, 0.25) is 0 Å². The molecule has 1 amide bonds. The number of nitrogens with zero attached hydrogens (tertiary/aromatic N) is 3. The average molecular weight is 372 g/mol.